The van der Waals surface area contributed by atoms with Gasteiger partial charge in [0.05, 0.1) is 5.92 Å². The van der Waals surface area contributed by atoms with Crippen LogP contribution in [0.2, 0.25) is 0 Å². The maximum atomic E-state index is 12.6. The number of aromatic nitrogens is 1. The van der Waals surface area contributed by atoms with Crippen molar-refractivity contribution in [1.82, 2.24) is 15.2 Å². The van der Waals surface area contributed by atoms with Gasteiger partial charge in [0.2, 0.25) is 5.91 Å². The van der Waals surface area contributed by atoms with Gasteiger partial charge in [0.15, 0.2) is 0 Å². The van der Waals surface area contributed by atoms with Gasteiger partial charge in [0.25, 0.3) is 0 Å². The molecule has 0 aromatic carbocycles. The molecule has 2 rings (SSSR count). The van der Waals surface area contributed by atoms with Gasteiger partial charge in [-0.2, -0.15) is 0 Å². The van der Waals surface area contributed by atoms with E-state index in [1.54, 1.807) is 6.20 Å². The number of nitrogens with one attached hydrogen (secondary N) is 1. The molecule has 19 heavy (non-hydrogen) atoms. The predicted molar refractivity (Wildman–Crippen MR) is 75.5 cm³/mol. The Balaban J connectivity index is 2.04. The van der Waals surface area contributed by atoms with Crippen molar-refractivity contribution < 1.29 is 4.79 Å². The van der Waals surface area contributed by atoms with Crippen LogP contribution in [0.3, 0.4) is 0 Å². The summed E-state index contributed by atoms with van der Waals surface area (Å²) in [5.41, 5.74) is 1.09. The van der Waals surface area contributed by atoms with E-state index in [1.807, 2.05) is 23.2 Å². The quantitative estimate of drug-likeness (QED) is 0.899. The molecule has 104 valence electrons. The molecule has 1 aliphatic rings. The monoisotopic (exact) mass is 261 g/mol. The number of rotatable bonds is 4. The molecule has 4 heteroatoms. The lowest BCUT2D eigenvalue weighted by molar-refractivity contribution is -0.138. The molecule has 1 N–H and O–H groups in total. The number of pyridine rings is 1. The minimum Gasteiger partial charge on any atom is -0.336 e. The van der Waals surface area contributed by atoms with Gasteiger partial charge in [-0.25, -0.2) is 0 Å². The summed E-state index contributed by atoms with van der Waals surface area (Å²) in [5, 5.41) is 3.31. The molecule has 0 unspecified atom stereocenters. The van der Waals surface area contributed by atoms with Crippen LogP contribution in [0.4, 0.5) is 0 Å². The minimum absolute atomic E-state index is 0.132. The third-order valence-corrected chi connectivity index (χ3v) is 3.63. The molecule has 0 saturated carbocycles. The number of nitrogens with zero attached hydrogens (tertiary/aromatic N) is 2. The van der Waals surface area contributed by atoms with E-state index in [0.29, 0.717) is 6.54 Å². The fourth-order valence-electron chi connectivity index (χ4n) is 2.50. The van der Waals surface area contributed by atoms with Crippen molar-refractivity contribution in [1.29, 1.82) is 0 Å². The summed E-state index contributed by atoms with van der Waals surface area (Å²) < 4.78 is 0. The molecular weight excluding hydrogens is 238 g/mol. The Morgan fingerprint density at radius 1 is 1.58 bits per heavy atom. The normalized spacial score (nSPS) is 19.4. The van der Waals surface area contributed by atoms with Gasteiger partial charge < -0.3 is 10.2 Å². The Kier molecular flexibility index (Phi) is 4.91. The molecule has 1 atom stereocenters. The van der Waals surface area contributed by atoms with Crippen LogP contribution in [0.5, 0.6) is 0 Å². The molecule has 1 saturated heterocycles. The van der Waals surface area contributed by atoms with Gasteiger partial charge >= 0.3 is 0 Å². The first-order chi connectivity index (χ1) is 9.18. The lowest BCUT2D eigenvalue weighted by atomic mass is 9.97. The third kappa shape index (κ3) is 3.77. The third-order valence-electron chi connectivity index (χ3n) is 3.63. The largest absolute Gasteiger partial charge is 0.336 e. The topological polar surface area (TPSA) is 45.2 Å². The van der Waals surface area contributed by atoms with Gasteiger partial charge in [-0.15, -0.1) is 0 Å². The van der Waals surface area contributed by atoms with Crippen LogP contribution >= 0.6 is 0 Å². The Hall–Kier alpha value is -1.42. The van der Waals surface area contributed by atoms with E-state index in [9.17, 15) is 4.79 Å². The zero-order valence-corrected chi connectivity index (χ0v) is 11.8. The SMILES string of the molecule is CC(C)N(Cc1cccnc1)C(=O)[C@H]1CCCNC1. The summed E-state index contributed by atoms with van der Waals surface area (Å²) in [6.45, 7) is 6.65. The number of hydrogen-bond donors (Lipinski definition) is 1. The zero-order valence-electron chi connectivity index (χ0n) is 11.8. The number of piperidine rings is 1. The van der Waals surface area contributed by atoms with Gasteiger partial charge in [-0.3, -0.25) is 9.78 Å². The summed E-state index contributed by atoms with van der Waals surface area (Å²) in [5.74, 6) is 0.402. The molecule has 0 radical (unpaired) electrons. The molecule has 0 spiro atoms. The molecule has 4 nitrogen and oxygen atoms in total. The standard InChI is InChI=1S/C15H23N3O/c1-12(2)18(11-13-5-3-7-16-9-13)15(19)14-6-4-8-17-10-14/h3,5,7,9,12,14,17H,4,6,8,10-11H2,1-2H3/t14-/m0/s1. The van der Waals surface area contributed by atoms with Crippen molar-refractivity contribution >= 4 is 5.91 Å². The van der Waals surface area contributed by atoms with Crippen molar-refractivity contribution in [3.05, 3.63) is 30.1 Å². The molecule has 0 bridgehead atoms. The summed E-state index contributed by atoms with van der Waals surface area (Å²) in [4.78, 5) is 18.7. The molecular formula is C15H23N3O. The van der Waals surface area contributed by atoms with Crippen LogP contribution < -0.4 is 5.32 Å². The molecule has 0 aliphatic carbocycles. The number of amides is 1. The Morgan fingerprint density at radius 3 is 3.00 bits per heavy atom. The lowest BCUT2D eigenvalue weighted by Gasteiger charge is -2.32. The molecule has 1 aromatic rings. The average Bonchev–Trinajstić information content (AvgIpc) is 2.46. The van der Waals surface area contributed by atoms with Gasteiger partial charge in [-0.1, -0.05) is 6.07 Å². The van der Waals surface area contributed by atoms with E-state index < -0.39 is 0 Å². The second kappa shape index (κ2) is 6.66. The van der Waals surface area contributed by atoms with Gasteiger partial charge in [0, 0.05) is 31.5 Å². The van der Waals surface area contributed by atoms with Crippen molar-refractivity contribution in [3.8, 4) is 0 Å². The van der Waals surface area contributed by atoms with Crippen LogP contribution in [0.1, 0.15) is 32.3 Å². The highest BCUT2D eigenvalue weighted by atomic mass is 16.2. The summed E-state index contributed by atoms with van der Waals surface area (Å²) in [6.07, 6.45) is 5.69. The fourth-order valence-corrected chi connectivity index (χ4v) is 2.50. The average molecular weight is 261 g/mol. The van der Waals surface area contributed by atoms with Crippen LogP contribution in [-0.4, -0.2) is 34.9 Å². The van der Waals surface area contributed by atoms with Crippen molar-refractivity contribution in [2.24, 2.45) is 5.92 Å². The summed E-state index contributed by atoms with van der Waals surface area (Å²) in [6, 6.07) is 4.16. The van der Waals surface area contributed by atoms with Gasteiger partial charge in [0.1, 0.15) is 0 Å². The van der Waals surface area contributed by atoms with Crippen molar-refractivity contribution in [2.75, 3.05) is 13.1 Å². The van der Waals surface area contributed by atoms with Crippen LogP contribution in [0, 0.1) is 5.92 Å². The van der Waals surface area contributed by atoms with E-state index in [-0.39, 0.29) is 17.9 Å². The maximum absolute atomic E-state index is 12.6. The van der Waals surface area contributed by atoms with E-state index in [1.165, 1.54) is 0 Å². The molecule has 1 aromatic heterocycles. The van der Waals surface area contributed by atoms with E-state index in [2.05, 4.69) is 24.1 Å². The molecule has 2 heterocycles. The second-order valence-corrected chi connectivity index (χ2v) is 5.46. The van der Waals surface area contributed by atoms with Crippen LogP contribution in [-0.2, 0) is 11.3 Å². The van der Waals surface area contributed by atoms with Crippen LogP contribution in [0.15, 0.2) is 24.5 Å². The maximum Gasteiger partial charge on any atom is 0.227 e. The molecule has 1 aliphatic heterocycles. The number of carbonyl (C=O) groups is 1. The van der Waals surface area contributed by atoms with E-state index in [0.717, 1.165) is 31.5 Å². The number of hydrogen-bond acceptors (Lipinski definition) is 3. The lowest BCUT2D eigenvalue weighted by Crippen LogP contribution is -2.45. The Bertz CT molecular complexity index is 399. The zero-order chi connectivity index (χ0) is 13.7. The van der Waals surface area contributed by atoms with E-state index >= 15 is 0 Å². The van der Waals surface area contributed by atoms with Crippen molar-refractivity contribution in [3.63, 3.8) is 0 Å². The smallest absolute Gasteiger partial charge is 0.227 e. The molecule has 1 fully saturated rings. The van der Waals surface area contributed by atoms with E-state index in [4.69, 9.17) is 0 Å². The first-order valence-corrected chi connectivity index (χ1v) is 7.08. The fraction of sp³-hybridized carbons (Fsp3) is 0.600. The highest BCUT2D eigenvalue weighted by molar-refractivity contribution is 5.79. The molecule has 1 amide bonds. The van der Waals surface area contributed by atoms with Gasteiger partial charge in [-0.05, 0) is 44.9 Å². The first-order valence-electron chi connectivity index (χ1n) is 7.08. The second-order valence-electron chi connectivity index (χ2n) is 5.46. The highest BCUT2D eigenvalue weighted by Gasteiger charge is 2.27. The van der Waals surface area contributed by atoms with Crippen LogP contribution in [0.25, 0.3) is 0 Å². The highest BCUT2D eigenvalue weighted by Crippen LogP contribution is 2.17. The predicted octanol–water partition coefficient (Wildman–Crippen LogP) is 1.82. The first kappa shape index (κ1) is 14.0. The summed E-state index contributed by atoms with van der Waals surface area (Å²) >= 11 is 0. The summed E-state index contributed by atoms with van der Waals surface area (Å²) in [7, 11) is 0. The number of carbonyl (C=O) groups excluding carboxylic acids is 1. The Labute approximate surface area is 115 Å². The Morgan fingerprint density at radius 2 is 2.42 bits per heavy atom. The van der Waals surface area contributed by atoms with Crippen molar-refractivity contribution in [2.45, 2.75) is 39.3 Å². The minimum atomic E-state index is 0.132.